The first-order valence-electron chi connectivity index (χ1n) is 9.30. The van der Waals surface area contributed by atoms with Crippen molar-refractivity contribution in [2.75, 3.05) is 20.1 Å². The van der Waals surface area contributed by atoms with Crippen LogP contribution >= 0.6 is 11.6 Å². The van der Waals surface area contributed by atoms with Gasteiger partial charge in [0.15, 0.2) is 0 Å². The SMILES string of the molecule is CCNC(=O)N(C)CC(=O)N1N=C(c2ccccc2Cl)CC1c1ccccc1F. The second kappa shape index (κ2) is 9.05. The molecule has 0 aliphatic carbocycles. The second-order valence-corrected chi connectivity index (χ2v) is 7.11. The van der Waals surface area contributed by atoms with Crippen LogP contribution in [-0.4, -0.2) is 47.7 Å². The van der Waals surface area contributed by atoms with Crippen molar-refractivity contribution in [1.29, 1.82) is 0 Å². The van der Waals surface area contributed by atoms with Gasteiger partial charge in [-0.25, -0.2) is 14.2 Å². The first-order valence-corrected chi connectivity index (χ1v) is 9.68. The van der Waals surface area contributed by atoms with E-state index in [4.69, 9.17) is 11.6 Å². The molecule has 0 spiro atoms. The zero-order chi connectivity index (χ0) is 21.0. The standard InChI is InChI=1S/C21H22ClFN4O2/c1-3-24-21(29)26(2)13-20(28)27-19(15-9-5-7-11-17(15)23)12-18(25-27)14-8-4-6-10-16(14)22/h4-11,19H,3,12-13H2,1-2H3,(H,24,29). The van der Waals surface area contributed by atoms with E-state index in [9.17, 15) is 14.0 Å². The van der Waals surface area contributed by atoms with Crippen molar-refractivity contribution >= 4 is 29.3 Å². The fourth-order valence-corrected chi connectivity index (χ4v) is 3.46. The van der Waals surface area contributed by atoms with Gasteiger partial charge in [0, 0.05) is 36.2 Å². The van der Waals surface area contributed by atoms with Crippen molar-refractivity contribution in [3.63, 3.8) is 0 Å². The van der Waals surface area contributed by atoms with Gasteiger partial charge >= 0.3 is 6.03 Å². The molecule has 152 valence electrons. The molecule has 0 bridgehead atoms. The summed E-state index contributed by atoms with van der Waals surface area (Å²) in [6.07, 6.45) is 0.321. The van der Waals surface area contributed by atoms with Crippen molar-refractivity contribution in [2.45, 2.75) is 19.4 Å². The van der Waals surface area contributed by atoms with E-state index >= 15 is 0 Å². The van der Waals surface area contributed by atoms with Gasteiger partial charge in [-0.3, -0.25) is 4.79 Å². The largest absolute Gasteiger partial charge is 0.338 e. The van der Waals surface area contributed by atoms with Crippen LogP contribution in [0.3, 0.4) is 0 Å². The van der Waals surface area contributed by atoms with Gasteiger partial charge in [0.2, 0.25) is 0 Å². The van der Waals surface area contributed by atoms with Gasteiger partial charge in [-0.15, -0.1) is 0 Å². The molecule has 3 rings (SSSR count). The fraction of sp³-hybridized carbons (Fsp3) is 0.286. The maximum absolute atomic E-state index is 14.5. The van der Waals surface area contributed by atoms with Gasteiger partial charge in [-0.2, -0.15) is 5.10 Å². The van der Waals surface area contributed by atoms with Crippen LogP contribution in [0, 0.1) is 5.82 Å². The number of rotatable bonds is 5. The summed E-state index contributed by atoms with van der Waals surface area (Å²) in [6.45, 7) is 2.06. The molecule has 1 atom stereocenters. The Morgan fingerprint density at radius 3 is 2.62 bits per heavy atom. The van der Waals surface area contributed by atoms with Crippen molar-refractivity contribution in [3.05, 3.63) is 70.5 Å². The number of nitrogens with one attached hydrogen (secondary N) is 1. The first kappa shape index (κ1) is 20.8. The summed E-state index contributed by atoms with van der Waals surface area (Å²) in [5.74, 6) is -0.822. The highest BCUT2D eigenvalue weighted by molar-refractivity contribution is 6.34. The van der Waals surface area contributed by atoms with Crippen molar-refractivity contribution < 1.29 is 14.0 Å². The fourth-order valence-electron chi connectivity index (χ4n) is 3.22. The van der Waals surface area contributed by atoms with E-state index in [0.717, 1.165) is 0 Å². The molecule has 0 aromatic heterocycles. The third kappa shape index (κ3) is 4.56. The van der Waals surface area contributed by atoms with Gasteiger partial charge < -0.3 is 10.2 Å². The molecule has 1 N–H and O–H groups in total. The number of amides is 3. The average Bonchev–Trinajstić information content (AvgIpc) is 3.14. The van der Waals surface area contributed by atoms with E-state index in [-0.39, 0.29) is 12.6 Å². The molecule has 2 aromatic carbocycles. The van der Waals surface area contributed by atoms with Gasteiger partial charge in [0.25, 0.3) is 5.91 Å². The van der Waals surface area contributed by atoms with E-state index in [1.165, 1.54) is 23.0 Å². The molecule has 0 saturated carbocycles. The minimum Gasteiger partial charge on any atom is -0.338 e. The number of benzene rings is 2. The summed E-state index contributed by atoms with van der Waals surface area (Å²) in [7, 11) is 1.52. The van der Waals surface area contributed by atoms with E-state index < -0.39 is 17.8 Å². The van der Waals surface area contributed by atoms with Crippen LogP contribution in [0.1, 0.15) is 30.5 Å². The molecule has 0 radical (unpaired) electrons. The zero-order valence-corrected chi connectivity index (χ0v) is 17.0. The highest BCUT2D eigenvalue weighted by Gasteiger charge is 2.35. The Labute approximate surface area is 173 Å². The Bertz CT molecular complexity index is 950. The molecule has 1 aliphatic heterocycles. The summed E-state index contributed by atoms with van der Waals surface area (Å²) in [5, 5.41) is 8.87. The molecular formula is C21H22ClFN4O2. The van der Waals surface area contributed by atoms with Crippen LogP contribution in [0.5, 0.6) is 0 Å². The Morgan fingerprint density at radius 2 is 1.93 bits per heavy atom. The normalized spacial score (nSPS) is 15.8. The maximum atomic E-state index is 14.5. The van der Waals surface area contributed by atoms with Gasteiger partial charge in [0.1, 0.15) is 12.4 Å². The van der Waals surface area contributed by atoms with Gasteiger partial charge in [-0.1, -0.05) is 48.0 Å². The molecule has 0 saturated heterocycles. The molecule has 8 heteroatoms. The Kier molecular flexibility index (Phi) is 6.49. The smallest absolute Gasteiger partial charge is 0.317 e. The number of hydrogen-bond donors (Lipinski definition) is 1. The number of carbonyl (C=O) groups is 2. The molecule has 6 nitrogen and oxygen atoms in total. The Morgan fingerprint density at radius 1 is 1.24 bits per heavy atom. The van der Waals surface area contributed by atoms with Crippen LogP contribution in [0.25, 0.3) is 0 Å². The molecule has 3 amide bonds. The van der Waals surface area contributed by atoms with E-state index in [2.05, 4.69) is 10.4 Å². The number of halogens is 2. The molecule has 1 aliphatic rings. The number of urea groups is 1. The summed E-state index contributed by atoms with van der Waals surface area (Å²) in [5.41, 5.74) is 1.66. The predicted octanol–water partition coefficient (Wildman–Crippen LogP) is 3.82. The Hall–Kier alpha value is -2.93. The average molecular weight is 417 g/mol. The van der Waals surface area contributed by atoms with Crippen molar-refractivity contribution in [1.82, 2.24) is 15.2 Å². The lowest BCUT2D eigenvalue weighted by Gasteiger charge is -2.25. The molecule has 2 aromatic rings. The van der Waals surface area contributed by atoms with E-state index in [1.807, 2.05) is 12.1 Å². The third-order valence-corrected chi connectivity index (χ3v) is 4.99. The predicted molar refractivity (Wildman–Crippen MR) is 110 cm³/mol. The third-order valence-electron chi connectivity index (χ3n) is 4.66. The number of carbonyl (C=O) groups excluding carboxylic acids is 2. The number of hydrogen-bond acceptors (Lipinski definition) is 3. The summed E-state index contributed by atoms with van der Waals surface area (Å²) in [6, 6.07) is 12.5. The lowest BCUT2D eigenvalue weighted by molar-refractivity contribution is -0.133. The topological polar surface area (TPSA) is 65.0 Å². The maximum Gasteiger partial charge on any atom is 0.317 e. The van der Waals surface area contributed by atoms with Crippen LogP contribution < -0.4 is 5.32 Å². The number of nitrogens with zero attached hydrogens (tertiary/aromatic N) is 3. The van der Waals surface area contributed by atoms with Gasteiger partial charge in [0.05, 0.1) is 11.8 Å². The second-order valence-electron chi connectivity index (χ2n) is 6.70. The highest BCUT2D eigenvalue weighted by Crippen LogP contribution is 2.35. The molecule has 1 heterocycles. The van der Waals surface area contributed by atoms with Crippen LogP contribution in [0.15, 0.2) is 53.6 Å². The molecule has 29 heavy (non-hydrogen) atoms. The number of likely N-dealkylation sites (N-methyl/N-ethyl adjacent to an activating group) is 1. The van der Waals surface area contributed by atoms with E-state index in [1.54, 1.807) is 37.3 Å². The quantitative estimate of drug-likeness (QED) is 0.805. The zero-order valence-electron chi connectivity index (χ0n) is 16.2. The monoisotopic (exact) mass is 416 g/mol. The van der Waals surface area contributed by atoms with Crippen molar-refractivity contribution in [2.24, 2.45) is 5.10 Å². The molecular weight excluding hydrogens is 395 g/mol. The lowest BCUT2D eigenvalue weighted by atomic mass is 9.98. The van der Waals surface area contributed by atoms with Crippen LogP contribution in [0.2, 0.25) is 5.02 Å². The molecule has 1 unspecified atom stereocenters. The molecule has 0 fully saturated rings. The van der Waals surface area contributed by atoms with Gasteiger partial charge in [-0.05, 0) is 19.1 Å². The van der Waals surface area contributed by atoms with Crippen LogP contribution in [0.4, 0.5) is 9.18 Å². The minimum atomic E-state index is -0.613. The summed E-state index contributed by atoms with van der Waals surface area (Å²) in [4.78, 5) is 26.2. The lowest BCUT2D eigenvalue weighted by Crippen LogP contribution is -2.43. The van der Waals surface area contributed by atoms with E-state index in [0.29, 0.717) is 34.8 Å². The number of hydrazone groups is 1. The van der Waals surface area contributed by atoms with Crippen molar-refractivity contribution in [3.8, 4) is 0 Å². The first-order chi connectivity index (χ1) is 13.9. The van der Waals surface area contributed by atoms with Crippen LogP contribution in [-0.2, 0) is 4.79 Å². The summed E-state index contributed by atoms with van der Waals surface area (Å²) < 4.78 is 14.5. The minimum absolute atomic E-state index is 0.184. The summed E-state index contributed by atoms with van der Waals surface area (Å²) >= 11 is 6.30. The Balaban J connectivity index is 1.92. The highest BCUT2D eigenvalue weighted by atomic mass is 35.5.